The molecule has 28 heavy (non-hydrogen) atoms. The highest BCUT2D eigenvalue weighted by Gasteiger charge is 2.40. The van der Waals surface area contributed by atoms with Crippen LogP contribution in [0.5, 0.6) is 0 Å². The molecule has 148 valence electrons. The fraction of sp³-hybridized carbons (Fsp3) is 0.435. The Bertz CT molecular complexity index is 794. The van der Waals surface area contributed by atoms with Crippen LogP contribution < -0.4 is 10.6 Å². The molecule has 1 fully saturated rings. The highest BCUT2D eigenvalue weighted by atomic mass is 16.2. The minimum absolute atomic E-state index is 0.00626. The summed E-state index contributed by atoms with van der Waals surface area (Å²) in [6, 6.07) is 13.5. The van der Waals surface area contributed by atoms with Crippen LogP contribution in [0.3, 0.4) is 0 Å². The van der Waals surface area contributed by atoms with Gasteiger partial charge >= 0.3 is 0 Å². The van der Waals surface area contributed by atoms with Crippen LogP contribution in [-0.4, -0.2) is 16.8 Å². The number of carbonyl (C=O) groups is 2. The number of amides is 2. The summed E-state index contributed by atoms with van der Waals surface area (Å²) < 4.78 is 0. The van der Waals surface area contributed by atoms with Crippen molar-refractivity contribution in [3.05, 3.63) is 59.9 Å². The van der Waals surface area contributed by atoms with E-state index in [2.05, 4.69) is 15.6 Å². The van der Waals surface area contributed by atoms with Crippen LogP contribution in [0.15, 0.2) is 48.7 Å². The Balaban J connectivity index is 1.77. The first-order valence-electron chi connectivity index (χ1n) is 10.1. The molecular weight excluding hydrogens is 350 g/mol. The standard InChI is InChI=1S/C23H29N3O2/c1-17(2)21(27)26-19-11-9-18(10-12-19)23(13-5-3-6-14-23)22(28)25-16-20-8-4-7-15-24-20/h4,7-12,15,17H,3,5-6,13-14,16H2,1-2H3,(H,25,28)(H,26,27). The predicted octanol–water partition coefficient (Wildman–Crippen LogP) is 4.19. The second-order valence-electron chi connectivity index (χ2n) is 7.87. The Morgan fingerprint density at radius 3 is 2.36 bits per heavy atom. The van der Waals surface area contributed by atoms with Crippen molar-refractivity contribution >= 4 is 17.5 Å². The van der Waals surface area contributed by atoms with Crippen LogP contribution >= 0.6 is 0 Å². The fourth-order valence-electron chi connectivity index (χ4n) is 3.80. The Labute approximate surface area is 167 Å². The van der Waals surface area contributed by atoms with Crippen molar-refractivity contribution < 1.29 is 9.59 Å². The summed E-state index contributed by atoms with van der Waals surface area (Å²) in [5, 5.41) is 6.01. The molecule has 0 unspecified atom stereocenters. The molecule has 1 saturated carbocycles. The topological polar surface area (TPSA) is 71.1 Å². The van der Waals surface area contributed by atoms with Crippen LogP contribution in [0.1, 0.15) is 57.2 Å². The lowest BCUT2D eigenvalue weighted by molar-refractivity contribution is -0.128. The van der Waals surface area contributed by atoms with Gasteiger partial charge in [0.2, 0.25) is 11.8 Å². The molecule has 2 N–H and O–H groups in total. The van der Waals surface area contributed by atoms with Crippen molar-refractivity contribution in [1.29, 1.82) is 0 Å². The molecule has 5 nitrogen and oxygen atoms in total. The third kappa shape index (κ3) is 4.58. The van der Waals surface area contributed by atoms with Crippen LogP contribution in [0.2, 0.25) is 0 Å². The summed E-state index contributed by atoms with van der Waals surface area (Å²) in [4.78, 5) is 29.4. The first kappa shape index (κ1) is 20.1. The molecule has 2 aromatic rings. The van der Waals surface area contributed by atoms with E-state index in [0.29, 0.717) is 6.54 Å². The van der Waals surface area contributed by atoms with Gasteiger partial charge in [-0.1, -0.05) is 51.3 Å². The second kappa shape index (κ2) is 9.00. The third-order valence-corrected chi connectivity index (χ3v) is 5.53. The number of nitrogens with zero attached hydrogens (tertiary/aromatic N) is 1. The van der Waals surface area contributed by atoms with Gasteiger partial charge in [-0.05, 0) is 42.7 Å². The summed E-state index contributed by atoms with van der Waals surface area (Å²) in [6.07, 6.45) is 6.68. The second-order valence-corrected chi connectivity index (χ2v) is 7.87. The van der Waals surface area contributed by atoms with E-state index in [1.807, 2.05) is 56.3 Å². The van der Waals surface area contributed by atoms with E-state index in [9.17, 15) is 9.59 Å². The van der Waals surface area contributed by atoms with Gasteiger partial charge in [-0.25, -0.2) is 0 Å². The summed E-state index contributed by atoms with van der Waals surface area (Å²) in [5.41, 5.74) is 2.14. The SMILES string of the molecule is CC(C)C(=O)Nc1ccc(C2(C(=O)NCc3ccccn3)CCCCC2)cc1. The van der Waals surface area contributed by atoms with Gasteiger partial charge in [0.1, 0.15) is 0 Å². The molecule has 1 heterocycles. The molecule has 1 aromatic carbocycles. The number of anilines is 1. The van der Waals surface area contributed by atoms with Crippen LogP contribution in [0.25, 0.3) is 0 Å². The van der Waals surface area contributed by atoms with Crippen LogP contribution in [-0.2, 0) is 21.5 Å². The maximum Gasteiger partial charge on any atom is 0.230 e. The molecule has 0 radical (unpaired) electrons. The summed E-state index contributed by atoms with van der Waals surface area (Å²) in [7, 11) is 0. The maximum atomic E-state index is 13.2. The highest BCUT2D eigenvalue weighted by molar-refractivity contribution is 5.92. The Kier molecular flexibility index (Phi) is 6.45. The Hall–Kier alpha value is -2.69. The number of carbonyl (C=O) groups excluding carboxylic acids is 2. The molecule has 3 rings (SSSR count). The van der Waals surface area contributed by atoms with Crippen molar-refractivity contribution in [3.63, 3.8) is 0 Å². The zero-order valence-electron chi connectivity index (χ0n) is 16.7. The molecular formula is C23H29N3O2. The highest BCUT2D eigenvalue weighted by Crippen LogP contribution is 2.40. The molecule has 2 amide bonds. The van der Waals surface area contributed by atoms with Crippen LogP contribution in [0, 0.1) is 5.92 Å². The first-order chi connectivity index (χ1) is 13.5. The van der Waals surface area contributed by atoms with Gasteiger partial charge in [0.25, 0.3) is 0 Å². The van der Waals surface area contributed by atoms with E-state index in [-0.39, 0.29) is 17.7 Å². The minimum Gasteiger partial charge on any atom is -0.350 e. The number of pyridine rings is 1. The van der Waals surface area contributed by atoms with Gasteiger partial charge in [0.05, 0.1) is 17.7 Å². The quantitative estimate of drug-likeness (QED) is 0.790. The minimum atomic E-state index is -0.506. The Morgan fingerprint density at radius 1 is 1.04 bits per heavy atom. The summed E-state index contributed by atoms with van der Waals surface area (Å²) >= 11 is 0. The predicted molar refractivity (Wildman–Crippen MR) is 111 cm³/mol. The first-order valence-corrected chi connectivity index (χ1v) is 10.1. The molecule has 0 saturated heterocycles. The zero-order valence-corrected chi connectivity index (χ0v) is 16.7. The normalized spacial score (nSPS) is 15.8. The van der Waals surface area contributed by atoms with E-state index in [1.165, 1.54) is 0 Å². The summed E-state index contributed by atoms with van der Waals surface area (Å²) in [5.74, 6) is -0.00760. The molecule has 5 heteroatoms. The van der Waals surface area contributed by atoms with Crippen molar-refractivity contribution in [1.82, 2.24) is 10.3 Å². The summed E-state index contributed by atoms with van der Waals surface area (Å²) in [6.45, 7) is 4.17. The van der Waals surface area contributed by atoms with E-state index >= 15 is 0 Å². The molecule has 0 spiro atoms. The maximum absolute atomic E-state index is 13.2. The molecule has 1 aliphatic carbocycles. The number of nitrogens with one attached hydrogen (secondary N) is 2. The largest absolute Gasteiger partial charge is 0.350 e. The van der Waals surface area contributed by atoms with Gasteiger partial charge in [0, 0.05) is 17.8 Å². The van der Waals surface area contributed by atoms with Gasteiger partial charge in [-0.15, -0.1) is 0 Å². The van der Waals surface area contributed by atoms with E-state index in [0.717, 1.165) is 49.0 Å². The third-order valence-electron chi connectivity index (χ3n) is 5.53. The van der Waals surface area contributed by atoms with Crippen molar-refractivity contribution in [2.24, 2.45) is 5.92 Å². The molecule has 0 bridgehead atoms. The number of hydrogen-bond donors (Lipinski definition) is 2. The van der Waals surface area contributed by atoms with E-state index in [4.69, 9.17) is 0 Å². The van der Waals surface area contributed by atoms with Crippen molar-refractivity contribution in [2.75, 3.05) is 5.32 Å². The molecule has 0 aliphatic heterocycles. The number of aromatic nitrogens is 1. The average Bonchev–Trinajstić information content (AvgIpc) is 2.73. The zero-order chi connectivity index (χ0) is 20.0. The van der Waals surface area contributed by atoms with Crippen molar-refractivity contribution in [3.8, 4) is 0 Å². The molecule has 1 aromatic heterocycles. The van der Waals surface area contributed by atoms with Gasteiger partial charge in [0.15, 0.2) is 0 Å². The van der Waals surface area contributed by atoms with E-state index in [1.54, 1.807) is 6.20 Å². The average molecular weight is 380 g/mol. The molecule has 0 atom stereocenters. The lowest BCUT2D eigenvalue weighted by Crippen LogP contribution is -2.45. The number of benzene rings is 1. The Morgan fingerprint density at radius 2 is 1.75 bits per heavy atom. The number of hydrogen-bond acceptors (Lipinski definition) is 3. The van der Waals surface area contributed by atoms with Gasteiger partial charge < -0.3 is 10.6 Å². The lowest BCUT2D eigenvalue weighted by Gasteiger charge is -2.36. The smallest absolute Gasteiger partial charge is 0.230 e. The van der Waals surface area contributed by atoms with E-state index < -0.39 is 5.41 Å². The monoisotopic (exact) mass is 379 g/mol. The molecule has 1 aliphatic rings. The number of rotatable bonds is 6. The van der Waals surface area contributed by atoms with Crippen molar-refractivity contribution in [2.45, 2.75) is 57.9 Å². The van der Waals surface area contributed by atoms with Gasteiger partial charge in [-0.2, -0.15) is 0 Å². The van der Waals surface area contributed by atoms with Gasteiger partial charge in [-0.3, -0.25) is 14.6 Å². The fourth-order valence-corrected chi connectivity index (χ4v) is 3.80. The van der Waals surface area contributed by atoms with Crippen LogP contribution in [0.4, 0.5) is 5.69 Å². The lowest BCUT2D eigenvalue weighted by atomic mass is 9.68.